The second-order valence-corrected chi connectivity index (χ2v) is 7.56. The number of aromatic nitrogens is 1. The summed E-state index contributed by atoms with van der Waals surface area (Å²) in [5, 5.41) is 2.48. The van der Waals surface area contributed by atoms with Crippen molar-refractivity contribution in [2.24, 2.45) is 0 Å². The van der Waals surface area contributed by atoms with Gasteiger partial charge in [-0.05, 0) is 32.2 Å². The number of amides is 1. The standard InChI is InChI=1S/C21H21F2N3OS/c1-14-4-8-19(9-5-14)26(15(2)27)21-24-18(13-28-21)12-25(3)11-16-6-7-17(22)10-20(16)23/h4-10,13H,11-12H2,1-3H3. The van der Waals surface area contributed by atoms with Gasteiger partial charge in [-0.25, -0.2) is 13.8 Å². The second-order valence-electron chi connectivity index (χ2n) is 6.72. The molecule has 0 bridgehead atoms. The van der Waals surface area contributed by atoms with Crippen LogP contribution in [0.4, 0.5) is 19.6 Å². The fourth-order valence-electron chi connectivity index (χ4n) is 2.87. The molecular weight excluding hydrogens is 380 g/mol. The molecule has 1 amide bonds. The Balaban J connectivity index is 1.73. The molecule has 2 aromatic carbocycles. The molecule has 0 atom stereocenters. The van der Waals surface area contributed by atoms with Crippen molar-refractivity contribution in [1.29, 1.82) is 0 Å². The van der Waals surface area contributed by atoms with E-state index in [9.17, 15) is 13.6 Å². The molecule has 146 valence electrons. The summed E-state index contributed by atoms with van der Waals surface area (Å²) in [6, 6.07) is 11.3. The number of rotatable bonds is 6. The maximum atomic E-state index is 13.8. The maximum Gasteiger partial charge on any atom is 0.230 e. The highest BCUT2D eigenvalue weighted by molar-refractivity contribution is 7.14. The first-order valence-corrected chi connectivity index (χ1v) is 9.65. The molecule has 0 unspecified atom stereocenters. The van der Waals surface area contributed by atoms with Crippen molar-refractivity contribution in [3.05, 3.63) is 76.3 Å². The van der Waals surface area contributed by atoms with Crippen molar-refractivity contribution in [3.8, 4) is 0 Å². The van der Waals surface area contributed by atoms with Gasteiger partial charge in [0.05, 0.1) is 11.4 Å². The highest BCUT2D eigenvalue weighted by atomic mass is 32.1. The third-order valence-electron chi connectivity index (χ3n) is 4.23. The molecule has 3 aromatic rings. The Kier molecular flexibility index (Phi) is 6.16. The van der Waals surface area contributed by atoms with Crippen LogP contribution in [-0.2, 0) is 17.9 Å². The van der Waals surface area contributed by atoms with Crippen LogP contribution in [0, 0.1) is 18.6 Å². The van der Waals surface area contributed by atoms with E-state index in [2.05, 4.69) is 4.98 Å². The van der Waals surface area contributed by atoms with E-state index in [0.717, 1.165) is 23.0 Å². The largest absolute Gasteiger partial charge is 0.296 e. The summed E-state index contributed by atoms with van der Waals surface area (Å²) in [6.45, 7) is 4.30. The topological polar surface area (TPSA) is 36.4 Å². The molecule has 28 heavy (non-hydrogen) atoms. The minimum atomic E-state index is -0.589. The normalized spacial score (nSPS) is 11.1. The van der Waals surface area contributed by atoms with E-state index in [1.807, 2.05) is 48.5 Å². The smallest absolute Gasteiger partial charge is 0.230 e. The molecular formula is C21H21F2N3OS. The van der Waals surface area contributed by atoms with Crippen LogP contribution < -0.4 is 4.90 Å². The van der Waals surface area contributed by atoms with Crippen molar-refractivity contribution in [3.63, 3.8) is 0 Å². The highest BCUT2D eigenvalue weighted by Crippen LogP contribution is 2.29. The first kappa shape index (κ1) is 20.1. The zero-order chi connectivity index (χ0) is 20.3. The van der Waals surface area contributed by atoms with E-state index in [0.29, 0.717) is 23.8 Å². The van der Waals surface area contributed by atoms with E-state index >= 15 is 0 Å². The molecule has 0 aliphatic rings. The van der Waals surface area contributed by atoms with Crippen LogP contribution in [0.15, 0.2) is 47.8 Å². The van der Waals surface area contributed by atoms with Gasteiger partial charge in [0.2, 0.25) is 5.91 Å². The molecule has 1 heterocycles. The van der Waals surface area contributed by atoms with Gasteiger partial charge in [0.25, 0.3) is 0 Å². The number of hydrogen-bond donors (Lipinski definition) is 0. The lowest BCUT2D eigenvalue weighted by atomic mass is 10.2. The first-order valence-electron chi connectivity index (χ1n) is 8.77. The second kappa shape index (κ2) is 8.58. The van der Waals surface area contributed by atoms with Gasteiger partial charge in [-0.15, -0.1) is 11.3 Å². The fourth-order valence-corrected chi connectivity index (χ4v) is 3.74. The number of hydrogen-bond acceptors (Lipinski definition) is 4. The minimum absolute atomic E-state index is 0.119. The number of aryl methyl sites for hydroxylation is 1. The van der Waals surface area contributed by atoms with E-state index in [-0.39, 0.29) is 5.91 Å². The average molecular weight is 401 g/mol. The van der Waals surface area contributed by atoms with Gasteiger partial charge < -0.3 is 0 Å². The summed E-state index contributed by atoms with van der Waals surface area (Å²) in [5.41, 5.74) is 3.08. The monoisotopic (exact) mass is 401 g/mol. The Labute approximate surface area is 167 Å². The van der Waals surface area contributed by atoms with Gasteiger partial charge in [-0.1, -0.05) is 23.8 Å². The molecule has 1 aromatic heterocycles. The Bertz CT molecular complexity index is 972. The van der Waals surface area contributed by atoms with Crippen LogP contribution in [0.1, 0.15) is 23.7 Å². The van der Waals surface area contributed by atoms with Gasteiger partial charge in [0.15, 0.2) is 5.13 Å². The summed E-state index contributed by atoms with van der Waals surface area (Å²) >= 11 is 1.38. The fraction of sp³-hybridized carbons (Fsp3) is 0.238. The molecule has 0 N–H and O–H groups in total. The number of carbonyl (C=O) groups excluding carboxylic acids is 1. The molecule has 0 aliphatic heterocycles. The van der Waals surface area contributed by atoms with Crippen LogP contribution in [0.5, 0.6) is 0 Å². The summed E-state index contributed by atoms with van der Waals surface area (Å²) < 4.78 is 26.9. The number of carbonyl (C=O) groups is 1. The Hall–Kier alpha value is -2.64. The van der Waals surface area contributed by atoms with Crippen molar-refractivity contribution in [2.75, 3.05) is 11.9 Å². The van der Waals surface area contributed by atoms with Gasteiger partial charge in [-0.3, -0.25) is 14.6 Å². The predicted octanol–water partition coefficient (Wildman–Crippen LogP) is 5.05. The zero-order valence-corrected chi connectivity index (χ0v) is 16.8. The third-order valence-corrected chi connectivity index (χ3v) is 5.10. The van der Waals surface area contributed by atoms with E-state index in [1.54, 1.807) is 4.90 Å². The van der Waals surface area contributed by atoms with E-state index < -0.39 is 11.6 Å². The van der Waals surface area contributed by atoms with Gasteiger partial charge in [-0.2, -0.15) is 0 Å². The third kappa shape index (κ3) is 4.79. The lowest BCUT2D eigenvalue weighted by Gasteiger charge is -2.18. The molecule has 3 rings (SSSR count). The number of anilines is 2. The molecule has 0 spiro atoms. The molecule has 0 fully saturated rings. The van der Waals surface area contributed by atoms with Gasteiger partial charge in [0, 0.05) is 37.0 Å². The maximum absolute atomic E-state index is 13.8. The van der Waals surface area contributed by atoms with Crippen LogP contribution in [0.25, 0.3) is 0 Å². The summed E-state index contributed by atoms with van der Waals surface area (Å²) in [6.07, 6.45) is 0. The Morgan fingerprint density at radius 3 is 2.46 bits per heavy atom. The average Bonchev–Trinajstić information content (AvgIpc) is 3.07. The highest BCUT2D eigenvalue weighted by Gasteiger charge is 2.18. The molecule has 4 nitrogen and oxygen atoms in total. The zero-order valence-electron chi connectivity index (χ0n) is 15.9. The Morgan fingerprint density at radius 2 is 1.82 bits per heavy atom. The SMILES string of the molecule is CC(=O)N(c1ccc(C)cc1)c1nc(CN(C)Cc2ccc(F)cc2F)cs1. The molecule has 0 saturated heterocycles. The number of benzene rings is 2. The van der Waals surface area contributed by atoms with Crippen molar-refractivity contribution in [1.82, 2.24) is 9.88 Å². The number of halogens is 2. The van der Waals surface area contributed by atoms with E-state index in [4.69, 9.17) is 0 Å². The summed E-state index contributed by atoms with van der Waals surface area (Å²) in [4.78, 5) is 20.2. The van der Waals surface area contributed by atoms with E-state index in [1.165, 1.54) is 30.4 Å². The lowest BCUT2D eigenvalue weighted by molar-refractivity contribution is -0.115. The minimum Gasteiger partial charge on any atom is -0.296 e. The van der Waals surface area contributed by atoms with Crippen LogP contribution in [-0.4, -0.2) is 22.8 Å². The number of thiazole rings is 1. The van der Waals surface area contributed by atoms with Crippen LogP contribution in [0.2, 0.25) is 0 Å². The van der Waals surface area contributed by atoms with Gasteiger partial charge >= 0.3 is 0 Å². The van der Waals surface area contributed by atoms with Crippen LogP contribution >= 0.6 is 11.3 Å². The molecule has 7 heteroatoms. The molecule has 0 aliphatic carbocycles. The number of nitrogens with zero attached hydrogens (tertiary/aromatic N) is 3. The first-order chi connectivity index (χ1) is 13.3. The van der Waals surface area contributed by atoms with Gasteiger partial charge in [0.1, 0.15) is 11.6 Å². The summed E-state index contributed by atoms with van der Waals surface area (Å²) in [7, 11) is 1.84. The molecule has 0 saturated carbocycles. The van der Waals surface area contributed by atoms with Crippen LogP contribution in [0.3, 0.4) is 0 Å². The predicted molar refractivity (Wildman–Crippen MR) is 108 cm³/mol. The lowest BCUT2D eigenvalue weighted by Crippen LogP contribution is -2.23. The quantitative estimate of drug-likeness (QED) is 0.580. The Morgan fingerprint density at radius 1 is 1.11 bits per heavy atom. The molecule has 0 radical (unpaired) electrons. The van der Waals surface area contributed by atoms with Crippen molar-refractivity contribution >= 4 is 28.1 Å². The van der Waals surface area contributed by atoms with Crippen molar-refractivity contribution in [2.45, 2.75) is 26.9 Å². The van der Waals surface area contributed by atoms with Crippen molar-refractivity contribution < 1.29 is 13.6 Å². The summed E-state index contributed by atoms with van der Waals surface area (Å²) in [5.74, 6) is -1.27.